The molecule has 0 saturated carbocycles. The SMILES string of the molecule is Cc1c(CN2CCN(c3cccc(C#N)c3)C2=O)ncn1C(c1ccccc1)(c1ccccc1)c1ccccc1. The van der Waals surface area contributed by atoms with Gasteiger partial charge in [0.2, 0.25) is 0 Å². The number of imidazole rings is 1. The van der Waals surface area contributed by atoms with Crippen LogP contribution in [0.15, 0.2) is 122 Å². The van der Waals surface area contributed by atoms with E-state index in [0.29, 0.717) is 25.2 Å². The molecule has 0 atom stereocenters. The maximum Gasteiger partial charge on any atom is 0.324 e. The molecular weight excluding hydrogens is 494 g/mol. The van der Waals surface area contributed by atoms with Crippen LogP contribution >= 0.6 is 0 Å². The van der Waals surface area contributed by atoms with Crippen molar-refractivity contribution in [2.45, 2.75) is 19.0 Å². The topological polar surface area (TPSA) is 65.2 Å². The van der Waals surface area contributed by atoms with Gasteiger partial charge in [0.1, 0.15) is 5.54 Å². The summed E-state index contributed by atoms with van der Waals surface area (Å²) in [6.45, 7) is 3.64. The second-order valence-corrected chi connectivity index (χ2v) is 9.97. The molecule has 1 aliphatic rings. The lowest BCUT2D eigenvalue weighted by Crippen LogP contribution is -2.38. The Balaban J connectivity index is 1.42. The lowest BCUT2D eigenvalue weighted by atomic mass is 9.76. The molecule has 0 spiro atoms. The normalized spacial score (nSPS) is 13.4. The van der Waals surface area contributed by atoms with Crippen LogP contribution in [-0.4, -0.2) is 33.6 Å². The van der Waals surface area contributed by atoms with Crippen LogP contribution in [-0.2, 0) is 12.1 Å². The van der Waals surface area contributed by atoms with Crippen LogP contribution in [0.1, 0.15) is 33.6 Å². The first kappa shape index (κ1) is 25.1. The third kappa shape index (κ3) is 4.22. The molecule has 0 unspecified atom stereocenters. The molecule has 196 valence electrons. The zero-order valence-corrected chi connectivity index (χ0v) is 22.3. The van der Waals surface area contributed by atoms with E-state index in [1.807, 2.05) is 41.6 Å². The summed E-state index contributed by atoms with van der Waals surface area (Å²) in [5.41, 5.74) is 5.85. The Morgan fingerprint density at radius 2 is 1.38 bits per heavy atom. The standard InChI is InChI=1S/C34H29N5O/c1-26-32(24-37-20-21-38(33(37)40)31-19-11-12-27(22-31)23-35)36-25-39(26)34(28-13-5-2-6-14-28,29-15-7-3-8-16-29)30-17-9-4-10-18-30/h2-19,22,25H,20-21,24H2,1H3. The largest absolute Gasteiger partial charge is 0.324 e. The highest BCUT2D eigenvalue weighted by atomic mass is 16.2. The van der Waals surface area contributed by atoms with E-state index in [9.17, 15) is 10.1 Å². The lowest BCUT2D eigenvalue weighted by Gasteiger charge is -2.38. The van der Waals surface area contributed by atoms with Crippen LogP contribution in [0.4, 0.5) is 10.5 Å². The number of carbonyl (C=O) groups excluding carboxylic acids is 1. The first-order valence-electron chi connectivity index (χ1n) is 13.4. The van der Waals surface area contributed by atoms with Crippen molar-refractivity contribution in [1.82, 2.24) is 14.5 Å². The van der Waals surface area contributed by atoms with Crippen molar-refractivity contribution < 1.29 is 4.79 Å². The number of nitriles is 1. The molecule has 4 aromatic carbocycles. The minimum atomic E-state index is -0.655. The molecule has 6 heteroatoms. The van der Waals surface area contributed by atoms with Crippen LogP contribution in [0.3, 0.4) is 0 Å². The minimum absolute atomic E-state index is 0.0792. The Hall–Kier alpha value is -5.15. The average molecular weight is 524 g/mol. The van der Waals surface area contributed by atoms with Crippen LogP contribution in [0.5, 0.6) is 0 Å². The van der Waals surface area contributed by atoms with Crippen molar-refractivity contribution >= 4 is 11.7 Å². The number of aromatic nitrogens is 2. The number of rotatable bonds is 7. The fourth-order valence-corrected chi connectivity index (χ4v) is 5.79. The molecule has 6 nitrogen and oxygen atoms in total. The maximum absolute atomic E-state index is 13.4. The summed E-state index contributed by atoms with van der Waals surface area (Å²) < 4.78 is 2.25. The van der Waals surface area contributed by atoms with E-state index in [4.69, 9.17) is 4.98 Å². The summed E-state index contributed by atoms with van der Waals surface area (Å²) in [4.78, 5) is 21.9. The predicted molar refractivity (Wildman–Crippen MR) is 156 cm³/mol. The second kappa shape index (κ2) is 10.5. The van der Waals surface area contributed by atoms with E-state index in [0.717, 1.165) is 33.8 Å². The Kier molecular flexibility index (Phi) is 6.63. The van der Waals surface area contributed by atoms with Gasteiger partial charge in [-0.15, -0.1) is 0 Å². The van der Waals surface area contributed by atoms with Gasteiger partial charge in [-0.2, -0.15) is 5.26 Å². The molecule has 0 bridgehead atoms. The highest BCUT2D eigenvalue weighted by molar-refractivity contribution is 5.94. The molecule has 1 aromatic heterocycles. The molecular formula is C34H29N5O. The monoisotopic (exact) mass is 523 g/mol. The van der Waals surface area contributed by atoms with E-state index in [-0.39, 0.29) is 6.03 Å². The first-order valence-corrected chi connectivity index (χ1v) is 13.4. The number of hydrogen-bond donors (Lipinski definition) is 0. The van der Waals surface area contributed by atoms with Gasteiger partial charge in [0.05, 0.1) is 30.2 Å². The van der Waals surface area contributed by atoms with Gasteiger partial charge in [0, 0.05) is 24.5 Å². The average Bonchev–Trinajstić information content (AvgIpc) is 3.57. The molecule has 0 aliphatic carbocycles. The third-order valence-corrected chi connectivity index (χ3v) is 7.77. The Bertz CT molecular complexity index is 1580. The van der Waals surface area contributed by atoms with Gasteiger partial charge in [-0.25, -0.2) is 9.78 Å². The number of benzene rings is 4. The van der Waals surface area contributed by atoms with Crippen LogP contribution in [0.2, 0.25) is 0 Å². The van der Waals surface area contributed by atoms with Crippen LogP contribution in [0.25, 0.3) is 0 Å². The molecule has 5 aromatic rings. The third-order valence-electron chi connectivity index (χ3n) is 7.77. The van der Waals surface area contributed by atoms with E-state index in [2.05, 4.69) is 90.4 Å². The maximum atomic E-state index is 13.4. The molecule has 40 heavy (non-hydrogen) atoms. The number of nitrogens with zero attached hydrogens (tertiary/aromatic N) is 5. The zero-order chi connectivity index (χ0) is 27.5. The Labute approximate surface area is 234 Å². The highest BCUT2D eigenvalue weighted by Gasteiger charge is 2.40. The summed E-state index contributed by atoms with van der Waals surface area (Å²) in [7, 11) is 0. The molecule has 2 amide bonds. The van der Waals surface area contributed by atoms with Crippen molar-refractivity contribution in [3.8, 4) is 6.07 Å². The van der Waals surface area contributed by atoms with Crippen LogP contribution in [0, 0.1) is 18.3 Å². The number of urea groups is 1. The number of carbonyl (C=O) groups is 1. The van der Waals surface area contributed by atoms with E-state index in [1.54, 1.807) is 17.0 Å². The van der Waals surface area contributed by atoms with Crippen molar-refractivity contribution in [2.24, 2.45) is 0 Å². The highest BCUT2D eigenvalue weighted by Crippen LogP contribution is 2.42. The second-order valence-electron chi connectivity index (χ2n) is 9.97. The fraction of sp³-hybridized carbons (Fsp3) is 0.147. The predicted octanol–water partition coefficient (Wildman–Crippen LogP) is 6.35. The van der Waals surface area contributed by atoms with Crippen molar-refractivity contribution in [2.75, 3.05) is 18.0 Å². The fourth-order valence-electron chi connectivity index (χ4n) is 5.79. The van der Waals surface area contributed by atoms with E-state index in [1.165, 1.54) is 0 Å². The summed E-state index contributed by atoms with van der Waals surface area (Å²) >= 11 is 0. The minimum Gasteiger partial charge on any atom is -0.317 e. The molecule has 1 saturated heterocycles. The molecule has 2 heterocycles. The van der Waals surface area contributed by atoms with Gasteiger partial charge < -0.3 is 9.47 Å². The molecule has 0 N–H and O–H groups in total. The van der Waals surface area contributed by atoms with Crippen molar-refractivity contribution in [3.05, 3.63) is 155 Å². The summed E-state index contributed by atoms with van der Waals surface area (Å²) in [5, 5.41) is 9.29. The van der Waals surface area contributed by atoms with Crippen molar-refractivity contribution in [1.29, 1.82) is 5.26 Å². The summed E-state index contributed by atoms with van der Waals surface area (Å²) in [5.74, 6) is 0. The Morgan fingerprint density at radius 1 is 0.800 bits per heavy atom. The van der Waals surface area contributed by atoms with Gasteiger partial charge in [-0.05, 0) is 41.8 Å². The Morgan fingerprint density at radius 3 is 1.93 bits per heavy atom. The van der Waals surface area contributed by atoms with E-state index < -0.39 is 5.54 Å². The van der Waals surface area contributed by atoms with Gasteiger partial charge in [0.15, 0.2) is 0 Å². The van der Waals surface area contributed by atoms with Gasteiger partial charge in [0.25, 0.3) is 0 Å². The first-order chi connectivity index (χ1) is 19.6. The quantitative estimate of drug-likeness (QED) is 0.234. The molecule has 1 fully saturated rings. The smallest absolute Gasteiger partial charge is 0.317 e. The molecule has 1 aliphatic heterocycles. The summed E-state index contributed by atoms with van der Waals surface area (Å²) in [6, 6.07) is 40.8. The lowest BCUT2D eigenvalue weighted by molar-refractivity contribution is 0.218. The molecule has 6 rings (SSSR count). The van der Waals surface area contributed by atoms with Gasteiger partial charge in [-0.1, -0.05) is 97.1 Å². The van der Waals surface area contributed by atoms with Crippen molar-refractivity contribution in [3.63, 3.8) is 0 Å². The number of hydrogen-bond acceptors (Lipinski definition) is 3. The number of anilines is 1. The van der Waals surface area contributed by atoms with Gasteiger partial charge >= 0.3 is 6.03 Å². The number of amides is 2. The van der Waals surface area contributed by atoms with Crippen LogP contribution < -0.4 is 4.90 Å². The van der Waals surface area contributed by atoms with Gasteiger partial charge in [-0.3, -0.25) is 4.90 Å². The van der Waals surface area contributed by atoms with E-state index >= 15 is 0 Å². The zero-order valence-electron chi connectivity index (χ0n) is 22.3. The summed E-state index contributed by atoms with van der Waals surface area (Å²) in [6.07, 6.45) is 1.91. The molecule has 0 radical (unpaired) electrons.